The van der Waals surface area contributed by atoms with Crippen LogP contribution in [0.25, 0.3) is 0 Å². The first-order valence-corrected chi connectivity index (χ1v) is 6.61. The van der Waals surface area contributed by atoms with Crippen molar-refractivity contribution in [3.8, 4) is 0 Å². The van der Waals surface area contributed by atoms with Crippen molar-refractivity contribution in [1.82, 2.24) is 4.90 Å². The van der Waals surface area contributed by atoms with Crippen LogP contribution >= 0.6 is 15.9 Å². The second-order valence-electron chi connectivity index (χ2n) is 4.51. The monoisotopic (exact) mass is 328 g/mol. The maximum absolute atomic E-state index is 11.9. The van der Waals surface area contributed by atoms with Gasteiger partial charge < -0.3 is 15.3 Å². The Morgan fingerprint density at radius 2 is 2.11 bits per heavy atom. The fourth-order valence-corrected chi connectivity index (χ4v) is 1.84. The predicted molar refractivity (Wildman–Crippen MR) is 77.3 cm³/mol. The molecule has 2 N–H and O–H groups in total. The number of carbonyl (C=O) groups excluding carboxylic acids is 1. The zero-order valence-electron chi connectivity index (χ0n) is 11.1. The number of carboxylic acid groups (broad SMARTS) is 1. The fraction of sp³-hybridized carbons (Fsp3) is 0.385. The number of amides is 2. The van der Waals surface area contributed by atoms with Crippen LogP contribution in [0.15, 0.2) is 22.7 Å². The van der Waals surface area contributed by atoms with E-state index in [-0.39, 0.29) is 12.6 Å². The molecular formula is C13H17BrN2O3. The van der Waals surface area contributed by atoms with Crippen molar-refractivity contribution in [2.45, 2.75) is 13.8 Å². The summed E-state index contributed by atoms with van der Waals surface area (Å²) in [6.45, 7) is 3.68. The Kier molecular flexibility index (Phi) is 5.35. The van der Waals surface area contributed by atoms with Crippen LogP contribution in [0, 0.1) is 12.8 Å². The minimum Gasteiger partial charge on any atom is -0.481 e. The van der Waals surface area contributed by atoms with Crippen molar-refractivity contribution < 1.29 is 14.7 Å². The number of nitrogens with zero attached hydrogens (tertiary/aromatic N) is 1. The zero-order valence-corrected chi connectivity index (χ0v) is 12.7. The minimum atomic E-state index is -0.919. The SMILES string of the molecule is Cc1ccc(NC(=O)N(C)CC(C)C(=O)O)cc1Br. The average molecular weight is 329 g/mol. The van der Waals surface area contributed by atoms with Crippen LogP contribution in [0.1, 0.15) is 12.5 Å². The van der Waals surface area contributed by atoms with E-state index in [4.69, 9.17) is 5.11 Å². The molecule has 1 rings (SSSR count). The normalized spacial score (nSPS) is 11.8. The van der Waals surface area contributed by atoms with Gasteiger partial charge in [0.15, 0.2) is 0 Å². The van der Waals surface area contributed by atoms with E-state index >= 15 is 0 Å². The molecular weight excluding hydrogens is 312 g/mol. The average Bonchev–Trinajstić information content (AvgIpc) is 2.33. The first-order chi connectivity index (χ1) is 8.81. The van der Waals surface area contributed by atoms with E-state index in [2.05, 4.69) is 21.2 Å². The van der Waals surface area contributed by atoms with E-state index in [0.717, 1.165) is 10.0 Å². The number of hydrogen-bond donors (Lipinski definition) is 2. The molecule has 0 aliphatic heterocycles. The maximum atomic E-state index is 11.9. The first-order valence-electron chi connectivity index (χ1n) is 5.82. The molecule has 0 fully saturated rings. The molecule has 0 aromatic heterocycles. The summed E-state index contributed by atoms with van der Waals surface area (Å²) in [5.74, 6) is -1.52. The van der Waals surface area contributed by atoms with E-state index in [1.165, 1.54) is 4.90 Å². The van der Waals surface area contributed by atoms with Gasteiger partial charge in [-0.05, 0) is 24.6 Å². The molecule has 1 atom stereocenters. The molecule has 0 saturated heterocycles. The highest BCUT2D eigenvalue weighted by Gasteiger charge is 2.17. The van der Waals surface area contributed by atoms with E-state index in [9.17, 15) is 9.59 Å². The lowest BCUT2D eigenvalue weighted by atomic mass is 10.2. The molecule has 1 unspecified atom stereocenters. The van der Waals surface area contributed by atoms with Crippen molar-refractivity contribution in [2.75, 3.05) is 18.9 Å². The number of rotatable bonds is 4. The van der Waals surface area contributed by atoms with Gasteiger partial charge in [0.25, 0.3) is 0 Å². The Hall–Kier alpha value is -1.56. The molecule has 1 aromatic carbocycles. The highest BCUT2D eigenvalue weighted by atomic mass is 79.9. The molecule has 0 aliphatic carbocycles. The van der Waals surface area contributed by atoms with Gasteiger partial charge in [-0.2, -0.15) is 0 Å². The lowest BCUT2D eigenvalue weighted by Crippen LogP contribution is -2.36. The molecule has 1 aromatic rings. The number of carbonyl (C=O) groups is 2. The number of aliphatic carboxylic acids is 1. The second kappa shape index (κ2) is 6.56. The van der Waals surface area contributed by atoms with Gasteiger partial charge in [-0.25, -0.2) is 4.79 Å². The first kappa shape index (κ1) is 15.5. The van der Waals surface area contributed by atoms with Crippen molar-refractivity contribution in [2.24, 2.45) is 5.92 Å². The number of anilines is 1. The van der Waals surface area contributed by atoms with Gasteiger partial charge in [-0.3, -0.25) is 4.79 Å². The Morgan fingerprint density at radius 3 is 2.63 bits per heavy atom. The lowest BCUT2D eigenvalue weighted by molar-refractivity contribution is -0.141. The Morgan fingerprint density at radius 1 is 1.47 bits per heavy atom. The Bertz CT molecular complexity index is 491. The summed E-state index contributed by atoms with van der Waals surface area (Å²) < 4.78 is 0.909. The maximum Gasteiger partial charge on any atom is 0.321 e. The van der Waals surface area contributed by atoms with Gasteiger partial charge in [0.1, 0.15) is 0 Å². The van der Waals surface area contributed by atoms with Gasteiger partial charge in [0, 0.05) is 23.8 Å². The van der Waals surface area contributed by atoms with E-state index < -0.39 is 11.9 Å². The van der Waals surface area contributed by atoms with E-state index in [0.29, 0.717) is 5.69 Å². The Labute approximate surface area is 120 Å². The largest absolute Gasteiger partial charge is 0.481 e. The van der Waals surface area contributed by atoms with Gasteiger partial charge in [0.2, 0.25) is 0 Å². The molecule has 104 valence electrons. The molecule has 19 heavy (non-hydrogen) atoms. The van der Waals surface area contributed by atoms with Gasteiger partial charge >= 0.3 is 12.0 Å². The lowest BCUT2D eigenvalue weighted by Gasteiger charge is -2.20. The van der Waals surface area contributed by atoms with E-state index in [1.807, 2.05) is 19.1 Å². The molecule has 6 heteroatoms. The molecule has 0 radical (unpaired) electrons. The van der Waals surface area contributed by atoms with Crippen LogP contribution in [0.5, 0.6) is 0 Å². The molecule has 0 saturated carbocycles. The summed E-state index contributed by atoms with van der Waals surface area (Å²) >= 11 is 3.39. The minimum absolute atomic E-state index is 0.161. The molecule has 0 bridgehead atoms. The summed E-state index contributed by atoms with van der Waals surface area (Å²) in [6.07, 6.45) is 0. The van der Waals surface area contributed by atoms with Crippen LogP contribution in [-0.2, 0) is 4.79 Å². The van der Waals surface area contributed by atoms with Crippen molar-refractivity contribution >= 4 is 33.6 Å². The number of nitrogens with one attached hydrogen (secondary N) is 1. The summed E-state index contributed by atoms with van der Waals surface area (Å²) in [6, 6.07) is 5.16. The topological polar surface area (TPSA) is 69.6 Å². The summed E-state index contributed by atoms with van der Waals surface area (Å²) in [7, 11) is 1.57. The third-order valence-corrected chi connectivity index (χ3v) is 3.59. The van der Waals surface area contributed by atoms with Crippen LogP contribution in [-0.4, -0.2) is 35.6 Å². The molecule has 2 amide bonds. The molecule has 0 spiro atoms. The van der Waals surface area contributed by atoms with Crippen LogP contribution < -0.4 is 5.32 Å². The number of aryl methyl sites for hydroxylation is 1. The fourth-order valence-electron chi connectivity index (χ4n) is 1.46. The zero-order chi connectivity index (χ0) is 14.6. The van der Waals surface area contributed by atoms with Crippen molar-refractivity contribution in [1.29, 1.82) is 0 Å². The van der Waals surface area contributed by atoms with Gasteiger partial charge in [0.05, 0.1) is 5.92 Å². The summed E-state index contributed by atoms with van der Waals surface area (Å²) in [4.78, 5) is 24.0. The third-order valence-electron chi connectivity index (χ3n) is 2.74. The second-order valence-corrected chi connectivity index (χ2v) is 5.37. The number of carboxylic acids is 1. The van der Waals surface area contributed by atoms with Crippen LogP contribution in [0.4, 0.5) is 10.5 Å². The smallest absolute Gasteiger partial charge is 0.321 e. The standard InChI is InChI=1S/C13H17BrN2O3/c1-8-4-5-10(6-11(8)14)15-13(19)16(3)7-9(2)12(17)18/h4-6,9H,7H2,1-3H3,(H,15,19)(H,17,18). The number of halogens is 1. The number of urea groups is 1. The van der Waals surface area contributed by atoms with Gasteiger partial charge in [-0.15, -0.1) is 0 Å². The van der Waals surface area contributed by atoms with E-state index in [1.54, 1.807) is 20.0 Å². The van der Waals surface area contributed by atoms with Crippen LogP contribution in [0.2, 0.25) is 0 Å². The quantitative estimate of drug-likeness (QED) is 0.892. The highest BCUT2D eigenvalue weighted by Crippen LogP contribution is 2.20. The van der Waals surface area contributed by atoms with Crippen molar-refractivity contribution in [3.63, 3.8) is 0 Å². The van der Waals surface area contributed by atoms with Crippen LogP contribution in [0.3, 0.4) is 0 Å². The molecule has 0 aliphatic rings. The third kappa shape index (κ3) is 4.55. The van der Waals surface area contributed by atoms with Crippen molar-refractivity contribution in [3.05, 3.63) is 28.2 Å². The summed E-state index contributed by atoms with van der Waals surface area (Å²) in [5.41, 5.74) is 1.74. The number of benzene rings is 1. The highest BCUT2D eigenvalue weighted by molar-refractivity contribution is 9.10. The summed E-state index contributed by atoms with van der Waals surface area (Å²) in [5, 5.41) is 11.5. The molecule has 5 nitrogen and oxygen atoms in total. The van der Waals surface area contributed by atoms with Gasteiger partial charge in [-0.1, -0.05) is 28.9 Å². The molecule has 0 heterocycles. The number of hydrogen-bond acceptors (Lipinski definition) is 2. The predicted octanol–water partition coefficient (Wildman–Crippen LogP) is 2.94. The Balaban J connectivity index is 2.63.